The fourth-order valence-electron chi connectivity index (χ4n) is 4.69. The molecule has 2 fully saturated rings. The fourth-order valence-corrected chi connectivity index (χ4v) is 4.69. The van der Waals surface area contributed by atoms with Crippen LogP contribution in [-0.4, -0.2) is 90.2 Å². The third-order valence-corrected chi connectivity index (χ3v) is 6.95. The largest absolute Gasteiger partial charge is 0.369 e. The molecule has 1 aromatic heterocycles. The first-order valence-corrected chi connectivity index (χ1v) is 12.1. The maximum absolute atomic E-state index is 4.73. The summed E-state index contributed by atoms with van der Waals surface area (Å²) in [5.41, 5.74) is 8.06. The fraction of sp³-hybridized carbons (Fsp3) is 0.462. The van der Waals surface area contributed by atoms with Gasteiger partial charge in [0.2, 0.25) is 5.95 Å². The number of hydrogen-bond donors (Lipinski definition) is 1. The topological polar surface area (TPSA) is 50.8 Å². The molecule has 7 heteroatoms. The van der Waals surface area contributed by atoms with Gasteiger partial charge in [0.05, 0.1) is 5.52 Å². The van der Waals surface area contributed by atoms with E-state index in [0.29, 0.717) is 12.0 Å². The highest BCUT2D eigenvalue weighted by Gasteiger charge is 2.19. The van der Waals surface area contributed by atoms with Crippen molar-refractivity contribution in [3.63, 3.8) is 0 Å². The van der Waals surface area contributed by atoms with Crippen molar-refractivity contribution < 1.29 is 0 Å². The SMILES string of the molecule is CC(C)N1CCN(c2ccc(-c3ccc4nc(NN5CCN(C)CC5)ncc4c3)cc2)CC1. The Morgan fingerprint density at radius 1 is 0.818 bits per heavy atom. The lowest BCUT2D eigenvalue weighted by molar-refractivity contribution is 0.178. The number of likely N-dealkylation sites (N-methyl/N-ethyl adjacent to an activating group) is 1. The summed E-state index contributed by atoms with van der Waals surface area (Å²) in [5.74, 6) is 0.668. The summed E-state index contributed by atoms with van der Waals surface area (Å²) in [6.07, 6.45) is 1.92. The maximum atomic E-state index is 4.73. The molecule has 174 valence electrons. The predicted molar refractivity (Wildman–Crippen MR) is 137 cm³/mol. The van der Waals surface area contributed by atoms with Gasteiger partial charge in [0.1, 0.15) is 0 Å². The molecule has 5 rings (SSSR count). The van der Waals surface area contributed by atoms with Gasteiger partial charge in [0, 0.05) is 75.7 Å². The average Bonchev–Trinajstić information content (AvgIpc) is 2.85. The molecule has 2 aliphatic heterocycles. The first kappa shape index (κ1) is 22.1. The number of hydrogen-bond acceptors (Lipinski definition) is 7. The zero-order chi connectivity index (χ0) is 22.8. The normalized spacial score (nSPS) is 18.8. The Morgan fingerprint density at radius 2 is 1.52 bits per heavy atom. The van der Waals surface area contributed by atoms with Gasteiger partial charge < -0.3 is 9.80 Å². The van der Waals surface area contributed by atoms with E-state index in [4.69, 9.17) is 4.98 Å². The highest BCUT2D eigenvalue weighted by Crippen LogP contribution is 2.27. The van der Waals surface area contributed by atoms with Crippen molar-refractivity contribution >= 4 is 22.5 Å². The lowest BCUT2D eigenvalue weighted by atomic mass is 10.0. The number of aromatic nitrogens is 2. The van der Waals surface area contributed by atoms with Gasteiger partial charge in [-0.1, -0.05) is 18.2 Å². The first-order chi connectivity index (χ1) is 16.0. The van der Waals surface area contributed by atoms with E-state index in [0.717, 1.165) is 63.3 Å². The molecule has 0 saturated carbocycles. The molecule has 0 spiro atoms. The third kappa shape index (κ3) is 5.11. The number of nitrogens with zero attached hydrogens (tertiary/aromatic N) is 6. The second kappa shape index (κ2) is 9.63. The Kier molecular flexibility index (Phi) is 6.44. The van der Waals surface area contributed by atoms with Gasteiger partial charge in [0.25, 0.3) is 0 Å². The van der Waals surface area contributed by atoms with Crippen molar-refractivity contribution in [2.75, 3.05) is 69.7 Å². The quantitative estimate of drug-likeness (QED) is 0.646. The Balaban J connectivity index is 1.26. The van der Waals surface area contributed by atoms with E-state index in [1.807, 2.05) is 6.20 Å². The average molecular weight is 446 g/mol. The molecule has 2 aliphatic rings. The molecule has 0 unspecified atom stereocenters. The Morgan fingerprint density at radius 3 is 2.21 bits per heavy atom. The van der Waals surface area contributed by atoms with Crippen LogP contribution in [0.25, 0.3) is 22.0 Å². The molecule has 33 heavy (non-hydrogen) atoms. The molecule has 0 amide bonds. The van der Waals surface area contributed by atoms with Gasteiger partial charge in [-0.05, 0) is 56.3 Å². The summed E-state index contributed by atoms with van der Waals surface area (Å²) in [4.78, 5) is 16.7. The second-order valence-corrected chi connectivity index (χ2v) is 9.53. The summed E-state index contributed by atoms with van der Waals surface area (Å²) < 4.78 is 0. The molecular weight excluding hydrogens is 410 g/mol. The molecule has 2 saturated heterocycles. The van der Waals surface area contributed by atoms with Crippen molar-refractivity contribution in [1.82, 2.24) is 24.8 Å². The smallest absolute Gasteiger partial charge is 0.238 e. The standard InChI is InChI=1S/C26H35N7/c1-20(2)31-12-14-32(15-13-31)24-7-4-21(5-8-24)22-6-9-25-23(18-22)19-27-26(28-25)29-33-16-10-30(3)11-17-33/h4-9,18-20H,10-17H2,1-3H3,(H,27,28,29). The van der Waals surface area contributed by atoms with Crippen LogP contribution in [0, 0.1) is 0 Å². The Hall–Kier alpha value is -2.74. The van der Waals surface area contributed by atoms with Crippen molar-refractivity contribution in [3.8, 4) is 11.1 Å². The van der Waals surface area contributed by atoms with Crippen molar-refractivity contribution in [1.29, 1.82) is 0 Å². The van der Waals surface area contributed by atoms with E-state index in [2.05, 4.69) is 93.5 Å². The molecule has 2 aromatic carbocycles. The Bertz CT molecular complexity index is 1070. The molecule has 0 atom stereocenters. The summed E-state index contributed by atoms with van der Waals surface area (Å²) in [7, 11) is 2.16. The summed E-state index contributed by atoms with van der Waals surface area (Å²) >= 11 is 0. The number of fused-ring (bicyclic) bond motifs is 1. The van der Waals surface area contributed by atoms with Crippen molar-refractivity contribution in [2.24, 2.45) is 0 Å². The third-order valence-electron chi connectivity index (χ3n) is 6.95. The summed E-state index contributed by atoms with van der Waals surface area (Å²) in [6.45, 7) is 13.1. The molecule has 7 nitrogen and oxygen atoms in total. The van der Waals surface area contributed by atoms with Crippen LogP contribution in [0.4, 0.5) is 11.6 Å². The van der Waals surface area contributed by atoms with Crippen LogP contribution in [0.3, 0.4) is 0 Å². The minimum absolute atomic E-state index is 0.630. The first-order valence-electron chi connectivity index (χ1n) is 12.1. The highest BCUT2D eigenvalue weighted by atomic mass is 15.6. The number of rotatable bonds is 5. The number of benzene rings is 2. The van der Waals surface area contributed by atoms with E-state index in [1.165, 1.54) is 16.8 Å². The second-order valence-electron chi connectivity index (χ2n) is 9.53. The monoisotopic (exact) mass is 445 g/mol. The van der Waals surface area contributed by atoms with Crippen LogP contribution < -0.4 is 10.3 Å². The lowest BCUT2D eigenvalue weighted by Gasteiger charge is -2.38. The molecule has 3 aromatic rings. The van der Waals surface area contributed by atoms with E-state index >= 15 is 0 Å². The van der Waals surface area contributed by atoms with E-state index in [1.54, 1.807) is 0 Å². The maximum Gasteiger partial charge on any atom is 0.238 e. The van der Waals surface area contributed by atoms with Gasteiger partial charge in [-0.3, -0.25) is 10.3 Å². The van der Waals surface area contributed by atoms with E-state index < -0.39 is 0 Å². The zero-order valence-corrected chi connectivity index (χ0v) is 20.0. The minimum Gasteiger partial charge on any atom is -0.369 e. The van der Waals surface area contributed by atoms with Crippen molar-refractivity contribution in [2.45, 2.75) is 19.9 Å². The molecule has 0 bridgehead atoms. The predicted octanol–water partition coefficient (Wildman–Crippen LogP) is 3.40. The number of hydrazine groups is 1. The van der Waals surface area contributed by atoms with E-state index in [-0.39, 0.29) is 0 Å². The van der Waals surface area contributed by atoms with Crippen LogP contribution in [-0.2, 0) is 0 Å². The Labute approximate surface area is 197 Å². The number of piperazine rings is 2. The highest BCUT2D eigenvalue weighted by molar-refractivity contribution is 5.84. The number of nitrogens with one attached hydrogen (secondary N) is 1. The molecule has 1 N–H and O–H groups in total. The molecule has 3 heterocycles. The van der Waals surface area contributed by atoms with Crippen LogP contribution in [0.5, 0.6) is 0 Å². The van der Waals surface area contributed by atoms with Gasteiger partial charge in [-0.2, -0.15) is 0 Å². The van der Waals surface area contributed by atoms with E-state index in [9.17, 15) is 0 Å². The van der Waals surface area contributed by atoms with Gasteiger partial charge >= 0.3 is 0 Å². The van der Waals surface area contributed by atoms with Crippen LogP contribution in [0.2, 0.25) is 0 Å². The summed E-state index contributed by atoms with van der Waals surface area (Å²) in [6, 6.07) is 16.0. The molecular formula is C26H35N7. The molecule has 0 aliphatic carbocycles. The van der Waals surface area contributed by atoms with Crippen LogP contribution in [0.1, 0.15) is 13.8 Å². The minimum atomic E-state index is 0.630. The van der Waals surface area contributed by atoms with Crippen LogP contribution >= 0.6 is 0 Å². The van der Waals surface area contributed by atoms with Crippen molar-refractivity contribution in [3.05, 3.63) is 48.7 Å². The number of anilines is 2. The molecule has 0 radical (unpaired) electrons. The van der Waals surface area contributed by atoms with Gasteiger partial charge in [0.15, 0.2) is 0 Å². The van der Waals surface area contributed by atoms with Gasteiger partial charge in [-0.15, -0.1) is 0 Å². The lowest BCUT2D eigenvalue weighted by Crippen LogP contribution is -2.48. The van der Waals surface area contributed by atoms with Crippen LogP contribution in [0.15, 0.2) is 48.7 Å². The zero-order valence-electron chi connectivity index (χ0n) is 20.0. The summed E-state index contributed by atoms with van der Waals surface area (Å²) in [5, 5.41) is 3.25. The van der Waals surface area contributed by atoms with Gasteiger partial charge in [-0.25, -0.2) is 15.0 Å².